The van der Waals surface area contributed by atoms with E-state index in [0.717, 1.165) is 0 Å². The number of ketones is 4. The fourth-order valence-electron chi connectivity index (χ4n) is 8.62. The van der Waals surface area contributed by atoms with Gasteiger partial charge in [-0.2, -0.15) is 0 Å². The van der Waals surface area contributed by atoms with E-state index in [9.17, 15) is 72.9 Å². The predicted molar refractivity (Wildman–Crippen MR) is 310 cm³/mol. The largest absolute Gasteiger partial charge is 0.481 e. The van der Waals surface area contributed by atoms with Crippen LogP contribution in [0.1, 0.15) is 144 Å². The smallest absolute Gasteiger partial charge is 0.305 e. The van der Waals surface area contributed by atoms with Gasteiger partial charge in [-0.3, -0.25) is 72.5 Å². The highest BCUT2D eigenvalue weighted by atomic mass is 16.4. The number of amides is 6. The third-order valence-electron chi connectivity index (χ3n) is 14.0. The van der Waals surface area contributed by atoms with Crippen LogP contribution in [0.4, 0.5) is 0 Å². The van der Waals surface area contributed by atoms with E-state index >= 15 is 0 Å². The van der Waals surface area contributed by atoms with Gasteiger partial charge in [0.2, 0.25) is 35.4 Å². The number of aliphatic hydroxyl groups is 1. The van der Waals surface area contributed by atoms with Crippen molar-refractivity contribution in [1.82, 2.24) is 26.6 Å². The number of rotatable bonds is 47. The number of hydrogen-bond donors (Lipinski definition) is 16. The number of guanidine groups is 3. The van der Waals surface area contributed by atoms with Crippen molar-refractivity contribution in [3.05, 3.63) is 0 Å². The molecule has 31 nitrogen and oxygen atoms in total. The summed E-state index contributed by atoms with van der Waals surface area (Å²) in [5.41, 5.74) is 43.8. The van der Waals surface area contributed by atoms with Gasteiger partial charge in [0.25, 0.3) is 0 Å². The third-order valence-corrected chi connectivity index (χ3v) is 14.0. The lowest BCUT2D eigenvalue weighted by Crippen LogP contribution is -2.50. The molecule has 0 fully saturated rings. The second-order valence-electron chi connectivity index (χ2n) is 21.1. The topological polar surface area (TPSA) is 571 Å². The van der Waals surface area contributed by atoms with Gasteiger partial charge in [-0.1, -0.05) is 40.5 Å². The van der Waals surface area contributed by atoms with Gasteiger partial charge in [0.15, 0.2) is 41.0 Å². The number of primary amides is 1. The van der Waals surface area contributed by atoms with Gasteiger partial charge < -0.3 is 87.8 Å². The van der Waals surface area contributed by atoms with Crippen molar-refractivity contribution in [2.45, 2.75) is 174 Å². The molecular weight excluding hydrogens is 1100 g/mol. The Hall–Kier alpha value is -7.83. The quantitative estimate of drug-likeness (QED) is 0.0160. The number of unbranched alkanes of at least 4 members (excludes halogenated alkanes) is 1. The number of Topliss-reactive ketones (excluding diaryl/α,β-unsaturated/α-hetero) is 4. The Morgan fingerprint density at radius 1 is 0.440 bits per heavy atom. The lowest BCUT2D eigenvalue weighted by atomic mass is 9.84. The summed E-state index contributed by atoms with van der Waals surface area (Å²) in [5.74, 6) is -16.9. The van der Waals surface area contributed by atoms with Crippen LogP contribution in [0.3, 0.4) is 0 Å². The van der Waals surface area contributed by atoms with E-state index in [1.807, 2.05) is 0 Å². The predicted octanol–water partition coefficient (Wildman–Crippen LogP) is -3.46. The van der Waals surface area contributed by atoms with E-state index in [4.69, 9.17) is 45.9 Å². The summed E-state index contributed by atoms with van der Waals surface area (Å²) in [5, 5.41) is 42.1. The molecule has 84 heavy (non-hydrogen) atoms. The van der Waals surface area contributed by atoms with Crippen molar-refractivity contribution in [1.29, 1.82) is 0 Å². The highest BCUT2D eigenvalue weighted by Crippen LogP contribution is 2.23. The number of carbonyl (C=O) groups excluding carboxylic acids is 10. The van der Waals surface area contributed by atoms with Crippen LogP contribution in [0.25, 0.3) is 0 Å². The van der Waals surface area contributed by atoms with Crippen LogP contribution in [0.2, 0.25) is 0 Å². The molecule has 0 aliphatic carbocycles. The van der Waals surface area contributed by atoms with Crippen LogP contribution >= 0.6 is 0 Å². The number of hydrogen-bond acceptors (Lipinski definition) is 17. The van der Waals surface area contributed by atoms with E-state index in [1.165, 1.54) is 13.8 Å². The monoisotopic (exact) mass is 1190 g/mol. The number of aliphatic imine (C=N–C) groups is 3. The fraction of sp³-hybridized carbons (Fsp3) is 0.717. The van der Waals surface area contributed by atoms with Crippen molar-refractivity contribution in [2.24, 2.45) is 96.4 Å². The second kappa shape index (κ2) is 41.2. The minimum Gasteiger partial charge on any atom is -0.481 e. The van der Waals surface area contributed by atoms with Crippen molar-refractivity contribution >= 4 is 88.4 Å². The highest BCUT2D eigenvalue weighted by molar-refractivity contribution is 5.99. The van der Waals surface area contributed by atoms with Gasteiger partial charge in [-0.05, 0) is 77.2 Å². The summed E-state index contributed by atoms with van der Waals surface area (Å²) in [4.78, 5) is 171. The molecule has 0 radical (unpaired) electrons. The minimum atomic E-state index is -1.66. The maximum atomic E-state index is 14.4. The summed E-state index contributed by atoms with van der Waals surface area (Å²) in [7, 11) is 0. The number of aliphatic carboxylic acids is 2. The lowest BCUT2D eigenvalue weighted by Gasteiger charge is -2.26. The Bertz CT molecular complexity index is 2310. The Morgan fingerprint density at radius 3 is 1.33 bits per heavy atom. The number of carboxylic acid groups (broad SMARTS) is 2. The lowest BCUT2D eigenvalue weighted by molar-refractivity contribution is -0.141. The number of carboxylic acids is 2. The number of nitrogens with zero attached hydrogens (tertiary/aromatic N) is 3. The summed E-state index contributed by atoms with van der Waals surface area (Å²) < 4.78 is 0. The molecule has 0 saturated carbocycles. The summed E-state index contributed by atoms with van der Waals surface area (Å²) in [6.07, 6.45) is -1.89. The second-order valence-corrected chi connectivity index (χ2v) is 21.1. The zero-order chi connectivity index (χ0) is 64.2. The number of nitrogens with two attached hydrogens (primary N) is 8. The van der Waals surface area contributed by atoms with E-state index in [-0.39, 0.29) is 82.6 Å². The molecular formula is C53H94N16O15. The SMILES string of the molecule is CC[C@H](C)[C@H](CC(=O)[C@H](CC(=O)O)NC(=O)[C@H](C)CC(=O)[C@H](CO)NC(=O)[C@H](CCCN=C(N)N)CC(=O)[C@H](CCCN=C(N)N)NC(=O)[C@H](CCCCN)CC(=O)[C@H](CCC(=O)O)NC(=O)[C@@H](C)CCCN=C(N)N)C(=O)N[C@@H](C)C(N)=O. The summed E-state index contributed by atoms with van der Waals surface area (Å²) >= 11 is 0. The highest BCUT2D eigenvalue weighted by Gasteiger charge is 2.36. The van der Waals surface area contributed by atoms with E-state index in [0.29, 0.717) is 32.1 Å². The Balaban J connectivity index is 6.81. The van der Waals surface area contributed by atoms with Crippen LogP contribution in [0.5, 0.6) is 0 Å². The van der Waals surface area contributed by atoms with Gasteiger partial charge >= 0.3 is 11.9 Å². The molecule has 0 unspecified atom stereocenters. The van der Waals surface area contributed by atoms with Crippen LogP contribution < -0.4 is 72.5 Å². The Morgan fingerprint density at radius 2 is 0.869 bits per heavy atom. The van der Waals surface area contributed by atoms with Gasteiger partial charge in [-0.25, -0.2) is 0 Å². The number of aliphatic hydroxyl groups excluding tert-OH is 1. The first kappa shape index (κ1) is 76.2. The van der Waals surface area contributed by atoms with Crippen LogP contribution in [0, 0.1) is 35.5 Å². The minimum absolute atomic E-state index is 0.00422. The van der Waals surface area contributed by atoms with E-state index < -0.39 is 181 Å². The fourth-order valence-corrected chi connectivity index (χ4v) is 8.62. The Kier molecular flexibility index (Phi) is 37.4. The normalized spacial score (nSPS) is 14.9. The number of nitrogens with one attached hydrogen (secondary N) is 5. The van der Waals surface area contributed by atoms with Crippen LogP contribution in [-0.4, -0.2) is 167 Å². The average molecular weight is 1200 g/mol. The number of carbonyl (C=O) groups is 12. The van der Waals surface area contributed by atoms with Gasteiger partial charge in [0.05, 0.1) is 31.2 Å². The standard InChI is InChI=1S/C53H94N16O15/c1-6-28(2)34(50(84)65-31(5)45(55)79)25-42(74)37(26-44(77)78)68-47(81)30(4)22-39(71)38(27-70)69-49(83)33(14-10-20-63-52(58)59)24-40(72)35(15-11-21-64-53(60)61)67-48(82)32(13-7-8-18-54)23-41(73)36(16-17-43(75)76)66-46(80)29(3)12-9-19-62-51(56)57/h28-38,70H,6-27,54H2,1-5H3,(H2,55,79)(H,65,84)(H,66,80)(H,67,82)(H,68,81)(H,69,83)(H,75,76)(H,77,78)(H4,56,57,62)(H4,58,59,63)(H4,60,61,64)/t28-,29-,30+,31-,32+,33+,34-,35-,36-,37-,38-/m0/s1. The van der Waals surface area contributed by atoms with Crippen molar-refractivity contribution < 1.29 is 72.9 Å². The van der Waals surface area contributed by atoms with E-state index in [2.05, 4.69) is 41.6 Å². The van der Waals surface area contributed by atoms with Gasteiger partial charge in [0.1, 0.15) is 12.1 Å². The first-order valence-corrected chi connectivity index (χ1v) is 28.2. The zero-order valence-electron chi connectivity index (χ0n) is 49.1. The zero-order valence-corrected chi connectivity index (χ0v) is 49.1. The molecule has 476 valence electrons. The summed E-state index contributed by atoms with van der Waals surface area (Å²) in [6.45, 7) is 7.12. The van der Waals surface area contributed by atoms with Crippen molar-refractivity contribution in [3.8, 4) is 0 Å². The molecule has 0 bridgehead atoms. The average Bonchev–Trinajstić information content (AvgIpc) is 3.59. The first-order valence-electron chi connectivity index (χ1n) is 28.2. The van der Waals surface area contributed by atoms with E-state index in [1.54, 1.807) is 20.8 Å². The molecule has 6 amide bonds. The maximum Gasteiger partial charge on any atom is 0.305 e. The van der Waals surface area contributed by atoms with Crippen LogP contribution in [0.15, 0.2) is 15.0 Å². The molecule has 24 N–H and O–H groups in total. The Labute approximate surface area is 489 Å². The van der Waals surface area contributed by atoms with Crippen molar-refractivity contribution in [2.75, 3.05) is 32.8 Å². The van der Waals surface area contributed by atoms with Gasteiger partial charge in [-0.15, -0.1) is 0 Å². The molecule has 0 heterocycles. The van der Waals surface area contributed by atoms with Crippen LogP contribution in [-0.2, 0) is 57.5 Å². The molecule has 0 aliphatic rings. The molecule has 31 heteroatoms. The molecule has 11 atom stereocenters. The molecule has 0 rings (SSSR count). The molecule has 0 aromatic rings. The van der Waals surface area contributed by atoms with Gasteiger partial charge in [0, 0.05) is 81.3 Å². The molecule has 0 aliphatic heterocycles. The molecule has 0 aromatic heterocycles. The van der Waals surface area contributed by atoms with Crippen molar-refractivity contribution in [3.63, 3.8) is 0 Å². The first-order chi connectivity index (χ1) is 39.4. The third kappa shape index (κ3) is 32.1. The maximum absolute atomic E-state index is 14.4. The molecule has 0 saturated heterocycles. The summed E-state index contributed by atoms with van der Waals surface area (Å²) in [6, 6.07) is -7.06. The molecule has 0 aromatic carbocycles. The molecule has 0 spiro atoms.